The van der Waals surface area contributed by atoms with Crippen molar-refractivity contribution in [1.82, 2.24) is 16.2 Å². The normalized spacial score (nSPS) is 11.4. The summed E-state index contributed by atoms with van der Waals surface area (Å²) >= 11 is 8.45. The largest absolute Gasteiger partial charge is 0.481 e. The molecule has 1 atom stereocenters. The third kappa shape index (κ3) is 5.55. The Morgan fingerprint density at radius 1 is 1.00 bits per heavy atom. The Bertz CT molecular complexity index is 1120. The Labute approximate surface area is 188 Å². The van der Waals surface area contributed by atoms with Crippen LogP contribution in [-0.4, -0.2) is 23.0 Å². The summed E-state index contributed by atoms with van der Waals surface area (Å²) in [6.45, 7) is 3.55. The van der Waals surface area contributed by atoms with Crippen molar-refractivity contribution in [2.75, 3.05) is 0 Å². The molecule has 0 fully saturated rings. The van der Waals surface area contributed by atoms with Gasteiger partial charge in [0, 0.05) is 10.0 Å². The summed E-state index contributed by atoms with van der Waals surface area (Å²) in [5.74, 6) is -0.238. The molecule has 3 N–H and O–H groups in total. The Morgan fingerprint density at radius 2 is 1.73 bits per heavy atom. The van der Waals surface area contributed by atoms with Crippen molar-refractivity contribution in [2.24, 2.45) is 0 Å². The highest BCUT2D eigenvalue weighted by molar-refractivity contribution is 9.10. The molecule has 0 saturated carbocycles. The van der Waals surface area contributed by atoms with Gasteiger partial charge in [-0.3, -0.25) is 25.8 Å². The minimum Gasteiger partial charge on any atom is -0.481 e. The van der Waals surface area contributed by atoms with Gasteiger partial charge in [0.1, 0.15) is 5.75 Å². The van der Waals surface area contributed by atoms with Crippen molar-refractivity contribution in [3.63, 3.8) is 0 Å². The summed E-state index contributed by atoms with van der Waals surface area (Å²) in [6, 6.07) is 18.7. The highest BCUT2D eigenvalue weighted by atomic mass is 79.9. The SMILES string of the molecule is Cc1ccc(C(=O)NC(=S)NNC(=O)C(C)Oc2ccc3ccccc3c2)cc1Br. The molecule has 3 rings (SSSR count). The van der Waals surface area contributed by atoms with E-state index in [9.17, 15) is 9.59 Å². The topological polar surface area (TPSA) is 79.5 Å². The number of carbonyl (C=O) groups excluding carboxylic acids is 2. The Hall–Kier alpha value is -2.97. The highest BCUT2D eigenvalue weighted by Crippen LogP contribution is 2.21. The minimum absolute atomic E-state index is 0.0250. The first-order valence-corrected chi connectivity index (χ1v) is 10.4. The molecule has 3 aromatic carbocycles. The van der Waals surface area contributed by atoms with Crippen molar-refractivity contribution in [3.8, 4) is 5.75 Å². The van der Waals surface area contributed by atoms with Crippen LogP contribution in [0.1, 0.15) is 22.8 Å². The lowest BCUT2D eigenvalue weighted by atomic mass is 10.1. The first-order valence-electron chi connectivity index (χ1n) is 9.16. The Morgan fingerprint density at radius 3 is 2.47 bits per heavy atom. The standard InChI is InChI=1S/C22H20BrN3O3S/c1-13-7-8-17(12-19(13)23)21(28)24-22(30)26-25-20(27)14(2)29-18-10-9-15-5-3-4-6-16(15)11-18/h3-12,14H,1-2H3,(H,25,27)(H2,24,26,28,30). The molecule has 0 bridgehead atoms. The summed E-state index contributed by atoms with van der Waals surface area (Å²) in [6.07, 6.45) is -0.773. The van der Waals surface area contributed by atoms with Crippen LogP contribution in [0.25, 0.3) is 10.8 Å². The van der Waals surface area contributed by atoms with Crippen LogP contribution < -0.4 is 20.9 Å². The summed E-state index contributed by atoms with van der Waals surface area (Å²) in [7, 11) is 0. The predicted octanol–water partition coefficient (Wildman–Crippen LogP) is 4.01. The van der Waals surface area contributed by atoms with Gasteiger partial charge < -0.3 is 4.74 Å². The molecule has 6 nitrogen and oxygen atoms in total. The van der Waals surface area contributed by atoms with E-state index in [4.69, 9.17) is 17.0 Å². The summed E-state index contributed by atoms with van der Waals surface area (Å²) in [5.41, 5.74) is 6.41. The van der Waals surface area contributed by atoms with Crippen LogP contribution in [0.3, 0.4) is 0 Å². The van der Waals surface area contributed by atoms with E-state index in [-0.39, 0.29) is 11.0 Å². The number of fused-ring (bicyclic) bond motifs is 1. The first-order chi connectivity index (χ1) is 14.3. The zero-order valence-electron chi connectivity index (χ0n) is 16.4. The number of hydrogen-bond acceptors (Lipinski definition) is 4. The Balaban J connectivity index is 1.50. The first kappa shape index (κ1) is 21.7. The number of thiocarbonyl (C=S) groups is 1. The average Bonchev–Trinajstić information content (AvgIpc) is 2.73. The molecule has 8 heteroatoms. The van der Waals surface area contributed by atoms with Crippen LogP contribution in [0.5, 0.6) is 5.75 Å². The van der Waals surface area contributed by atoms with Crippen LogP contribution >= 0.6 is 28.1 Å². The molecule has 0 heterocycles. The van der Waals surface area contributed by atoms with Gasteiger partial charge in [-0.05, 0) is 66.7 Å². The molecule has 0 aliphatic carbocycles. The number of rotatable bonds is 4. The number of ether oxygens (including phenoxy) is 1. The van der Waals surface area contributed by atoms with Crippen molar-refractivity contribution in [2.45, 2.75) is 20.0 Å². The fourth-order valence-electron chi connectivity index (χ4n) is 2.66. The van der Waals surface area contributed by atoms with E-state index < -0.39 is 12.0 Å². The highest BCUT2D eigenvalue weighted by Gasteiger charge is 2.16. The Kier molecular flexibility index (Phi) is 7.02. The molecule has 1 unspecified atom stereocenters. The van der Waals surface area contributed by atoms with Gasteiger partial charge >= 0.3 is 0 Å². The van der Waals surface area contributed by atoms with Gasteiger partial charge in [0.15, 0.2) is 11.2 Å². The number of aryl methyl sites for hydroxylation is 1. The van der Waals surface area contributed by atoms with E-state index in [0.717, 1.165) is 20.8 Å². The fraction of sp³-hybridized carbons (Fsp3) is 0.136. The van der Waals surface area contributed by atoms with Crippen LogP contribution in [0.2, 0.25) is 0 Å². The number of nitrogens with one attached hydrogen (secondary N) is 3. The zero-order valence-corrected chi connectivity index (χ0v) is 18.8. The lowest BCUT2D eigenvalue weighted by Gasteiger charge is -2.16. The number of amides is 2. The summed E-state index contributed by atoms with van der Waals surface area (Å²) in [4.78, 5) is 24.5. The maximum Gasteiger partial charge on any atom is 0.279 e. The zero-order chi connectivity index (χ0) is 21.7. The number of benzene rings is 3. The molecular formula is C22H20BrN3O3S. The summed E-state index contributed by atoms with van der Waals surface area (Å²) in [5, 5.41) is 4.60. The number of halogens is 1. The van der Waals surface area contributed by atoms with Crippen LogP contribution in [0, 0.1) is 6.92 Å². The second-order valence-electron chi connectivity index (χ2n) is 6.63. The van der Waals surface area contributed by atoms with E-state index in [1.165, 1.54) is 0 Å². The lowest BCUT2D eigenvalue weighted by Crippen LogP contribution is -2.51. The van der Waals surface area contributed by atoms with Crippen molar-refractivity contribution in [1.29, 1.82) is 0 Å². The molecule has 0 saturated heterocycles. The molecule has 0 aromatic heterocycles. The number of carbonyl (C=O) groups is 2. The van der Waals surface area contributed by atoms with E-state index >= 15 is 0 Å². The van der Waals surface area contributed by atoms with Crippen molar-refractivity contribution < 1.29 is 14.3 Å². The van der Waals surface area contributed by atoms with Gasteiger partial charge in [-0.2, -0.15) is 0 Å². The van der Waals surface area contributed by atoms with Gasteiger partial charge in [-0.1, -0.05) is 52.3 Å². The van der Waals surface area contributed by atoms with Crippen molar-refractivity contribution >= 4 is 55.8 Å². The van der Waals surface area contributed by atoms with E-state index in [0.29, 0.717) is 11.3 Å². The fourth-order valence-corrected chi connectivity index (χ4v) is 3.18. The smallest absolute Gasteiger partial charge is 0.279 e. The second kappa shape index (κ2) is 9.69. The maximum absolute atomic E-state index is 12.3. The van der Waals surface area contributed by atoms with E-state index in [1.54, 1.807) is 19.1 Å². The van der Waals surface area contributed by atoms with Crippen molar-refractivity contribution in [3.05, 3.63) is 76.3 Å². The predicted molar refractivity (Wildman–Crippen MR) is 124 cm³/mol. The van der Waals surface area contributed by atoms with Crippen LogP contribution in [-0.2, 0) is 4.79 Å². The molecule has 30 heavy (non-hydrogen) atoms. The molecule has 0 spiro atoms. The van der Waals surface area contributed by atoms with E-state index in [2.05, 4.69) is 32.1 Å². The van der Waals surface area contributed by atoms with Gasteiger partial charge in [-0.15, -0.1) is 0 Å². The maximum atomic E-state index is 12.3. The van der Waals surface area contributed by atoms with Crippen LogP contribution in [0.15, 0.2) is 65.1 Å². The van der Waals surface area contributed by atoms with Gasteiger partial charge in [0.05, 0.1) is 0 Å². The van der Waals surface area contributed by atoms with Gasteiger partial charge in [-0.25, -0.2) is 0 Å². The lowest BCUT2D eigenvalue weighted by molar-refractivity contribution is -0.127. The summed E-state index contributed by atoms with van der Waals surface area (Å²) < 4.78 is 6.52. The molecule has 0 radical (unpaired) electrons. The minimum atomic E-state index is -0.773. The average molecular weight is 486 g/mol. The van der Waals surface area contributed by atoms with E-state index in [1.807, 2.05) is 55.5 Å². The monoisotopic (exact) mass is 485 g/mol. The molecular weight excluding hydrogens is 466 g/mol. The molecule has 154 valence electrons. The third-order valence-corrected chi connectivity index (χ3v) is 5.42. The molecule has 0 aliphatic heterocycles. The molecule has 3 aromatic rings. The second-order valence-corrected chi connectivity index (χ2v) is 7.89. The molecule has 0 aliphatic rings. The van der Waals surface area contributed by atoms with Crippen LogP contribution in [0.4, 0.5) is 0 Å². The number of hydrogen-bond donors (Lipinski definition) is 3. The van der Waals surface area contributed by atoms with Gasteiger partial charge in [0.25, 0.3) is 11.8 Å². The third-order valence-electron chi connectivity index (χ3n) is 4.36. The number of hydrazine groups is 1. The quantitative estimate of drug-likeness (QED) is 0.384. The van der Waals surface area contributed by atoms with Gasteiger partial charge in [0.2, 0.25) is 0 Å². The molecule has 2 amide bonds.